The third kappa shape index (κ3) is 3.05. The van der Waals surface area contributed by atoms with Gasteiger partial charge in [0.05, 0.1) is 11.3 Å². The van der Waals surface area contributed by atoms with Gasteiger partial charge in [-0.1, -0.05) is 30.2 Å². The second-order valence-electron chi connectivity index (χ2n) is 5.93. The molecule has 0 aliphatic heterocycles. The van der Waals surface area contributed by atoms with Crippen molar-refractivity contribution in [3.05, 3.63) is 65.0 Å². The Morgan fingerprint density at radius 1 is 1.12 bits per heavy atom. The Labute approximate surface area is 146 Å². The van der Waals surface area contributed by atoms with Crippen LogP contribution in [-0.4, -0.2) is 20.9 Å². The first-order valence-corrected chi connectivity index (χ1v) is 7.88. The molecule has 1 aromatic heterocycles. The number of carbonyl (C=O) groups is 1. The van der Waals surface area contributed by atoms with Crippen molar-refractivity contribution in [2.75, 3.05) is 0 Å². The van der Waals surface area contributed by atoms with Gasteiger partial charge in [-0.3, -0.25) is 4.68 Å². The molecule has 25 heavy (non-hydrogen) atoms. The predicted octanol–water partition coefficient (Wildman–Crippen LogP) is 4.05. The van der Waals surface area contributed by atoms with Gasteiger partial charge in [0.1, 0.15) is 0 Å². The second kappa shape index (κ2) is 6.29. The normalized spacial score (nSPS) is 10.5. The molecule has 4 nitrogen and oxygen atoms in total. The molecule has 0 atom stereocenters. The first-order valence-electron chi connectivity index (χ1n) is 7.88. The Bertz CT molecular complexity index is 1010. The summed E-state index contributed by atoms with van der Waals surface area (Å²) in [5.41, 5.74) is 6.65. The summed E-state index contributed by atoms with van der Waals surface area (Å²) in [4.78, 5) is 11.4. The number of rotatable bonds is 2. The average Bonchev–Trinajstić information content (AvgIpc) is 3.10. The Balaban J connectivity index is 0.000000250. The molecular formula is C21H18N2O2. The van der Waals surface area contributed by atoms with E-state index in [0.717, 1.165) is 17.0 Å². The number of carboxylic acid groups (broad SMARTS) is 1. The lowest BCUT2D eigenvalue weighted by Crippen LogP contribution is -2.02. The van der Waals surface area contributed by atoms with Crippen molar-refractivity contribution in [1.29, 1.82) is 0 Å². The quantitative estimate of drug-likeness (QED) is 0.564. The molecule has 0 fully saturated rings. The third-order valence-electron chi connectivity index (χ3n) is 4.32. The van der Waals surface area contributed by atoms with Crippen LogP contribution in [0.5, 0.6) is 0 Å². The van der Waals surface area contributed by atoms with Gasteiger partial charge in [0.15, 0.2) is 0 Å². The van der Waals surface area contributed by atoms with Crippen molar-refractivity contribution in [3.63, 3.8) is 0 Å². The molecule has 4 heteroatoms. The van der Waals surface area contributed by atoms with Crippen molar-refractivity contribution in [2.45, 2.75) is 13.8 Å². The maximum atomic E-state index is 11.4. The van der Waals surface area contributed by atoms with Crippen LogP contribution in [0.1, 0.15) is 27.3 Å². The van der Waals surface area contributed by atoms with Gasteiger partial charge in [0.25, 0.3) is 0 Å². The lowest BCUT2D eigenvalue weighted by Gasteiger charge is -2.09. The van der Waals surface area contributed by atoms with Crippen LogP contribution in [0.4, 0.5) is 0 Å². The summed E-state index contributed by atoms with van der Waals surface area (Å²) in [6, 6.07) is 13.4. The van der Waals surface area contributed by atoms with E-state index < -0.39 is 5.97 Å². The number of terminal acetylenes is 1. The van der Waals surface area contributed by atoms with Crippen LogP contribution < -0.4 is 0 Å². The number of aromatic nitrogens is 2. The monoisotopic (exact) mass is 330 g/mol. The predicted molar refractivity (Wildman–Crippen MR) is 98.4 cm³/mol. The molecule has 4 rings (SSSR count). The second-order valence-corrected chi connectivity index (χ2v) is 5.93. The van der Waals surface area contributed by atoms with E-state index in [1.165, 1.54) is 11.1 Å². The fourth-order valence-electron chi connectivity index (χ4n) is 2.93. The van der Waals surface area contributed by atoms with Gasteiger partial charge in [-0.25, -0.2) is 4.79 Å². The zero-order valence-corrected chi connectivity index (χ0v) is 14.4. The summed E-state index contributed by atoms with van der Waals surface area (Å²) in [5.74, 6) is 1.56. The molecule has 124 valence electrons. The summed E-state index contributed by atoms with van der Waals surface area (Å²) < 4.78 is 1.73. The SMILES string of the molecule is C#Cc1cccc(C(=O)O)c1-c1c(C)nn(C)c1C.c1cc2cc-2c1. The van der Waals surface area contributed by atoms with E-state index in [-0.39, 0.29) is 5.56 Å². The van der Waals surface area contributed by atoms with Crippen molar-refractivity contribution in [1.82, 2.24) is 9.78 Å². The van der Waals surface area contributed by atoms with Gasteiger partial charge in [0, 0.05) is 29.4 Å². The largest absolute Gasteiger partial charge is 0.478 e. The highest BCUT2D eigenvalue weighted by atomic mass is 16.4. The standard InChI is InChI=1S/C15H14N2O2.C6H4/c1-5-11-7-6-8-12(15(18)19)14(11)13-9(2)16-17(4)10(13)3;1-2-5-4-6(5)3-1/h1,6-8H,2-4H3,(H,18,19);1-4H. The highest BCUT2D eigenvalue weighted by Gasteiger charge is 2.21. The van der Waals surface area contributed by atoms with Gasteiger partial charge in [0.2, 0.25) is 0 Å². The summed E-state index contributed by atoms with van der Waals surface area (Å²) in [7, 11) is 1.82. The minimum Gasteiger partial charge on any atom is -0.478 e. The maximum Gasteiger partial charge on any atom is 0.336 e. The molecule has 0 spiro atoms. The van der Waals surface area contributed by atoms with Gasteiger partial charge >= 0.3 is 5.97 Å². The Morgan fingerprint density at radius 2 is 1.76 bits per heavy atom. The summed E-state index contributed by atoms with van der Waals surface area (Å²) >= 11 is 0. The van der Waals surface area contributed by atoms with E-state index in [4.69, 9.17) is 6.42 Å². The number of hydrogen-bond acceptors (Lipinski definition) is 2. The number of benzene rings is 2. The van der Waals surface area contributed by atoms with Crippen LogP contribution in [0.15, 0.2) is 42.5 Å². The fourth-order valence-corrected chi connectivity index (χ4v) is 2.93. The average molecular weight is 330 g/mol. The summed E-state index contributed by atoms with van der Waals surface area (Å²) in [6.07, 6.45) is 5.49. The summed E-state index contributed by atoms with van der Waals surface area (Å²) in [5, 5.41) is 13.7. The zero-order chi connectivity index (χ0) is 18.1. The van der Waals surface area contributed by atoms with Crippen LogP contribution in [-0.2, 0) is 7.05 Å². The highest BCUT2D eigenvalue weighted by molar-refractivity contribution is 5.98. The molecule has 0 saturated carbocycles. The Hall–Kier alpha value is -3.32. The van der Waals surface area contributed by atoms with Crippen molar-refractivity contribution < 1.29 is 9.90 Å². The molecular weight excluding hydrogens is 312 g/mol. The minimum absolute atomic E-state index is 0.203. The molecule has 1 N–H and O–H groups in total. The molecule has 0 radical (unpaired) electrons. The topological polar surface area (TPSA) is 55.1 Å². The van der Waals surface area contributed by atoms with Crippen LogP contribution in [0.25, 0.3) is 22.3 Å². The van der Waals surface area contributed by atoms with Crippen LogP contribution in [0.2, 0.25) is 0 Å². The van der Waals surface area contributed by atoms with Crippen molar-refractivity contribution >= 4 is 5.97 Å². The number of carboxylic acids is 1. The molecule has 0 saturated heterocycles. The lowest BCUT2D eigenvalue weighted by atomic mass is 9.93. The van der Waals surface area contributed by atoms with E-state index in [9.17, 15) is 9.90 Å². The Morgan fingerprint density at radius 3 is 2.16 bits per heavy atom. The van der Waals surface area contributed by atoms with E-state index >= 15 is 0 Å². The smallest absolute Gasteiger partial charge is 0.336 e. The van der Waals surface area contributed by atoms with Gasteiger partial charge in [-0.05, 0) is 43.2 Å². The number of aryl methyl sites for hydroxylation is 2. The summed E-state index contributed by atoms with van der Waals surface area (Å²) in [6.45, 7) is 3.75. The molecule has 2 aliphatic rings. The van der Waals surface area contributed by atoms with Crippen LogP contribution in [0, 0.1) is 26.2 Å². The van der Waals surface area contributed by atoms with E-state index in [1.54, 1.807) is 22.9 Å². The molecule has 0 unspecified atom stereocenters. The van der Waals surface area contributed by atoms with Crippen molar-refractivity contribution in [2.24, 2.45) is 7.05 Å². The third-order valence-corrected chi connectivity index (χ3v) is 4.32. The first kappa shape index (κ1) is 16.5. The Kier molecular flexibility index (Phi) is 4.16. The van der Waals surface area contributed by atoms with Gasteiger partial charge in [-0.15, -0.1) is 6.42 Å². The molecule has 2 aromatic rings. The van der Waals surface area contributed by atoms with E-state index in [0.29, 0.717) is 11.1 Å². The van der Waals surface area contributed by atoms with Gasteiger partial charge in [-0.2, -0.15) is 5.10 Å². The fraction of sp³-hybridized carbons (Fsp3) is 0.143. The van der Waals surface area contributed by atoms with E-state index in [2.05, 4.69) is 35.3 Å². The molecule has 0 amide bonds. The number of hydrogen-bond donors (Lipinski definition) is 1. The van der Waals surface area contributed by atoms with E-state index in [1.807, 2.05) is 20.9 Å². The van der Waals surface area contributed by atoms with Gasteiger partial charge < -0.3 is 5.11 Å². The molecule has 2 aliphatic carbocycles. The number of aromatic carboxylic acids is 1. The number of fused-ring (bicyclic) bond motifs is 1. The van der Waals surface area contributed by atoms with Crippen LogP contribution >= 0.6 is 0 Å². The zero-order valence-electron chi connectivity index (χ0n) is 14.4. The highest BCUT2D eigenvalue weighted by Crippen LogP contribution is 2.33. The molecule has 1 aromatic carbocycles. The molecule has 0 bridgehead atoms. The lowest BCUT2D eigenvalue weighted by molar-refractivity contribution is 0.0697. The maximum absolute atomic E-state index is 11.4. The van der Waals surface area contributed by atoms with Crippen LogP contribution in [0.3, 0.4) is 0 Å². The molecule has 1 heterocycles. The van der Waals surface area contributed by atoms with Crippen molar-refractivity contribution in [3.8, 4) is 34.6 Å². The minimum atomic E-state index is -0.991. The first-order chi connectivity index (χ1) is 11.9. The number of nitrogens with zero attached hydrogens (tertiary/aromatic N) is 2.